The van der Waals surface area contributed by atoms with Crippen molar-refractivity contribution in [1.82, 2.24) is 10.6 Å². The van der Waals surface area contributed by atoms with Crippen LogP contribution in [-0.2, 0) is 18.6 Å². The molecule has 1 aromatic carbocycles. The Morgan fingerprint density at radius 3 is 2.48 bits per heavy atom. The summed E-state index contributed by atoms with van der Waals surface area (Å²) in [6.07, 6.45) is 1.00. The average Bonchev–Trinajstić information content (AvgIpc) is 3.13. The molecular formula is C19H28IN3OS. The van der Waals surface area contributed by atoms with Crippen LogP contribution in [0.25, 0.3) is 0 Å². The van der Waals surface area contributed by atoms with Crippen LogP contribution in [0.15, 0.2) is 46.1 Å². The molecule has 0 saturated carbocycles. The van der Waals surface area contributed by atoms with E-state index >= 15 is 0 Å². The molecule has 138 valence electrons. The third-order valence-corrected chi connectivity index (χ3v) is 4.68. The highest BCUT2D eigenvalue weighted by atomic mass is 127. The highest BCUT2D eigenvalue weighted by Crippen LogP contribution is 2.22. The van der Waals surface area contributed by atoms with Crippen LogP contribution in [0.4, 0.5) is 0 Å². The van der Waals surface area contributed by atoms with Crippen molar-refractivity contribution in [3.63, 3.8) is 0 Å². The zero-order valence-electron chi connectivity index (χ0n) is 15.1. The lowest BCUT2D eigenvalue weighted by molar-refractivity contribution is 0.0621. The summed E-state index contributed by atoms with van der Waals surface area (Å²) in [6, 6.07) is 10.3. The number of thiophene rings is 1. The topological polar surface area (TPSA) is 56.7 Å². The SMILES string of the molecule is CCNC(=NCc1ccccc1CC)NCC(C)(O)c1ccsc1.I. The molecule has 0 aliphatic heterocycles. The van der Waals surface area contributed by atoms with E-state index in [4.69, 9.17) is 0 Å². The van der Waals surface area contributed by atoms with Gasteiger partial charge in [0, 0.05) is 6.54 Å². The van der Waals surface area contributed by atoms with Gasteiger partial charge in [0.05, 0.1) is 13.1 Å². The van der Waals surface area contributed by atoms with E-state index in [9.17, 15) is 5.11 Å². The number of nitrogens with one attached hydrogen (secondary N) is 2. The van der Waals surface area contributed by atoms with Gasteiger partial charge in [0.2, 0.25) is 0 Å². The molecule has 3 N–H and O–H groups in total. The van der Waals surface area contributed by atoms with Gasteiger partial charge in [0.15, 0.2) is 5.96 Å². The zero-order chi connectivity index (χ0) is 17.4. The van der Waals surface area contributed by atoms with Crippen LogP contribution in [0, 0.1) is 0 Å². The van der Waals surface area contributed by atoms with Gasteiger partial charge in [0.1, 0.15) is 5.60 Å². The third kappa shape index (κ3) is 6.60. The molecule has 2 rings (SSSR count). The number of hydrogen-bond acceptors (Lipinski definition) is 3. The lowest BCUT2D eigenvalue weighted by Crippen LogP contribution is -2.44. The molecule has 0 amide bonds. The highest BCUT2D eigenvalue weighted by Gasteiger charge is 2.23. The number of aryl methyl sites for hydroxylation is 1. The standard InChI is InChI=1S/C19H27N3OS.HI/c1-4-15-8-6-7-9-16(15)12-21-18(20-5-2)22-14-19(3,23)17-10-11-24-13-17;/h6-11,13,23H,4-5,12,14H2,1-3H3,(H2,20,21,22);1H. The number of nitrogens with zero attached hydrogens (tertiary/aromatic N) is 1. The van der Waals surface area contributed by atoms with Crippen molar-refractivity contribution >= 4 is 41.3 Å². The summed E-state index contributed by atoms with van der Waals surface area (Å²) < 4.78 is 0. The van der Waals surface area contributed by atoms with E-state index in [-0.39, 0.29) is 24.0 Å². The Bertz CT molecular complexity index is 656. The Morgan fingerprint density at radius 1 is 1.16 bits per heavy atom. The fourth-order valence-corrected chi connectivity index (χ4v) is 3.27. The van der Waals surface area contributed by atoms with Crippen molar-refractivity contribution in [3.8, 4) is 0 Å². The maximum Gasteiger partial charge on any atom is 0.191 e. The van der Waals surface area contributed by atoms with E-state index in [1.807, 2.05) is 36.7 Å². The first-order valence-corrected chi connectivity index (χ1v) is 9.35. The predicted molar refractivity (Wildman–Crippen MR) is 118 cm³/mol. The predicted octanol–water partition coefficient (Wildman–Crippen LogP) is 3.89. The molecule has 6 heteroatoms. The number of hydrogen-bond donors (Lipinski definition) is 3. The molecule has 1 aromatic heterocycles. The van der Waals surface area contributed by atoms with Crippen molar-refractivity contribution in [1.29, 1.82) is 0 Å². The van der Waals surface area contributed by atoms with Crippen molar-refractivity contribution in [2.45, 2.75) is 39.3 Å². The fraction of sp³-hybridized carbons (Fsp3) is 0.421. The van der Waals surface area contributed by atoms with Crippen molar-refractivity contribution < 1.29 is 5.11 Å². The fourth-order valence-electron chi connectivity index (χ4n) is 2.49. The van der Waals surface area contributed by atoms with Gasteiger partial charge in [-0.3, -0.25) is 0 Å². The number of guanidine groups is 1. The summed E-state index contributed by atoms with van der Waals surface area (Å²) in [5, 5.41) is 21.1. The number of rotatable bonds is 7. The van der Waals surface area contributed by atoms with E-state index in [2.05, 4.69) is 40.7 Å². The van der Waals surface area contributed by atoms with Gasteiger partial charge in [-0.15, -0.1) is 24.0 Å². The summed E-state index contributed by atoms with van der Waals surface area (Å²) in [7, 11) is 0. The Morgan fingerprint density at radius 2 is 1.88 bits per heavy atom. The maximum absolute atomic E-state index is 10.6. The Kier molecular flexibility index (Phi) is 9.45. The smallest absolute Gasteiger partial charge is 0.191 e. The van der Waals surface area contributed by atoms with Crippen LogP contribution in [0.3, 0.4) is 0 Å². The first-order chi connectivity index (χ1) is 11.6. The lowest BCUT2D eigenvalue weighted by Gasteiger charge is -2.24. The first kappa shape index (κ1) is 21.9. The summed E-state index contributed by atoms with van der Waals surface area (Å²) in [4.78, 5) is 4.66. The van der Waals surface area contributed by atoms with Gasteiger partial charge in [-0.1, -0.05) is 31.2 Å². The minimum Gasteiger partial charge on any atom is -0.384 e. The van der Waals surface area contributed by atoms with Gasteiger partial charge in [-0.25, -0.2) is 4.99 Å². The summed E-state index contributed by atoms with van der Waals surface area (Å²) in [6.45, 7) is 7.82. The highest BCUT2D eigenvalue weighted by molar-refractivity contribution is 14.0. The van der Waals surface area contributed by atoms with Crippen molar-refractivity contribution in [2.24, 2.45) is 4.99 Å². The quantitative estimate of drug-likeness (QED) is 0.325. The molecule has 0 aliphatic rings. The monoisotopic (exact) mass is 473 g/mol. The van der Waals surface area contributed by atoms with Gasteiger partial charge in [0.25, 0.3) is 0 Å². The molecule has 0 saturated heterocycles. The zero-order valence-corrected chi connectivity index (χ0v) is 18.2. The number of benzene rings is 1. The lowest BCUT2D eigenvalue weighted by atomic mass is 9.99. The third-order valence-electron chi connectivity index (χ3n) is 3.99. The normalized spacial score (nSPS) is 13.7. The second kappa shape index (κ2) is 10.8. The maximum atomic E-state index is 10.6. The molecule has 0 spiro atoms. The molecule has 2 aromatic rings. The van der Waals surface area contributed by atoms with Gasteiger partial charge >= 0.3 is 0 Å². The van der Waals surface area contributed by atoms with Gasteiger partial charge in [-0.05, 0) is 53.8 Å². The molecule has 0 aliphatic carbocycles. The minimum absolute atomic E-state index is 0. The molecule has 4 nitrogen and oxygen atoms in total. The van der Waals surface area contributed by atoms with Crippen LogP contribution in [0.1, 0.15) is 37.5 Å². The summed E-state index contributed by atoms with van der Waals surface area (Å²) in [5.41, 5.74) is 2.56. The number of aliphatic imine (C=N–C) groups is 1. The van der Waals surface area contributed by atoms with E-state index in [0.717, 1.165) is 24.5 Å². The molecule has 0 radical (unpaired) electrons. The molecule has 0 fully saturated rings. The van der Waals surface area contributed by atoms with Crippen LogP contribution in [0.2, 0.25) is 0 Å². The van der Waals surface area contributed by atoms with Crippen LogP contribution in [-0.4, -0.2) is 24.2 Å². The molecule has 25 heavy (non-hydrogen) atoms. The molecule has 1 heterocycles. The molecule has 1 unspecified atom stereocenters. The van der Waals surface area contributed by atoms with Gasteiger partial charge < -0.3 is 15.7 Å². The summed E-state index contributed by atoms with van der Waals surface area (Å²) in [5.74, 6) is 0.721. The second-order valence-corrected chi connectivity index (χ2v) is 6.74. The van der Waals surface area contributed by atoms with Crippen LogP contribution >= 0.6 is 35.3 Å². The Labute approximate surface area is 171 Å². The second-order valence-electron chi connectivity index (χ2n) is 5.96. The largest absolute Gasteiger partial charge is 0.384 e. The van der Waals surface area contributed by atoms with E-state index in [1.165, 1.54) is 11.1 Å². The van der Waals surface area contributed by atoms with E-state index in [1.54, 1.807) is 11.3 Å². The molecule has 0 bridgehead atoms. The number of aliphatic hydroxyl groups is 1. The minimum atomic E-state index is -0.919. The van der Waals surface area contributed by atoms with E-state index in [0.29, 0.717) is 13.1 Å². The number of halogens is 1. The molecular weight excluding hydrogens is 445 g/mol. The van der Waals surface area contributed by atoms with E-state index < -0.39 is 5.60 Å². The molecule has 1 atom stereocenters. The van der Waals surface area contributed by atoms with Crippen molar-refractivity contribution in [3.05, 3.63) is 57.8 Å². The average molecular weight is 473 g/mol. The van der Waals surface area contributed by atoms with Crippen LogP contribution in [0.5, 0.6) is 0 Å². The Hall–Kier alpha value is -1.12. The summed E-state index contributed by atoms with van der Waals surface area (Å²) >= 11 is 1.59. The Balaban J connectivity index is 0.00000312. The van der Waals surface area contributed by atoms with Crippen molar-refractivity contribution in [2.75, 3.05) is 13.1 Å². The van der Waals surface area contributed by atoms with Crippen LogP contribution < -0.4 is 10.6 Å². The first-order valence-electron chi connectivity index (χ1n) is 8.40. The van der Waals surface area contributed by atoms with Gasteiger partial charge in [-0.2, -0.15) is 11.3 Å².